The second-order valence-electron chi connectivity index (χ2n) is 5.28. The van der Waals surface area contributed by atoms with Crippen molar-refractivity contribution in [1.29, 1.82) is 0 Å². The molecule has 0 aromatic carbocycles. The number of thiophene rings is 1. The maximum Gasteiger partial charge on any atom is 0.274 e. The summed E-state index contributed by atoms with van der Waals surface area (Å²) in [5.74, 6) is 0.644. The first-order chi connectivity index (χ1) is 10.0. The standard InChI is InChI=1S/C14H18N2O3S2/c1-10(11-6-7-20-9-11)16-21(17,18)14-5-4-13(19-14)8-15-12-2-3-12/h4-7,9-10,12,15-16H,2-3,8H2,1H3. The van der Waals surface area contributed by atoms with Crippen molar-refractivity contribution in [2.45, 2.75) is 43.5 Å². The molecule has 1 fully saturated rings. The minimum Gasteiger partial charge on any atom is -0.447 e. The van der Waals surface area contributed by atoms with Crippen molar-refractivity contribution in [3.63, 3.8) is 0 Å². The van der Waals surface area contributed by atoms with Crippen molar-refractivity contribution in [2.24, 2.45) is 0 Å². The van der Waals surface area contributed by atoms with E-state index in [9.17, 15) is 8.42 Å². The van der Waals surface area contributed by atoms with E-state index in [-0.39, 0.29) is 11.1 Å². The predicted octanol–water partition coefficient (Wildman–Crippen LogP) is 2.63. The van der Waals surface area contributed by atoms with E-state index in [1.54, 1.807) is 17.4 Å². The summed E-state index contributed by atoms with van der Waals surface area (Å²) in [4.78, 5) is 0. The summed E-state index contributed by atoms with van der Waals surface area (Å²) in [6.07, 6.45) is 2.37. The van der Waals surface area contributed by atoms with Crippen molar-refractivity contribution in [2.75, 3.05) is 0 Å². The molecule has 2 heterocycles. The van der Waals surface area contributed by atoms with Gasteiger partial charge in [-0.05, 0) is 54.3 Å². The number of hydrogen-bond donors (Lipinski definition) is 2. The van der Waals surface area contributed by atoms with Gasteiger partial charge < -0.3 is 9.73 Å². The summed E-state index contributed by atoms with van der Waals surface area (Å²) in [5.41, 5.74) is 0.950. The van der Waals surface area contributed by atoms with E-state index in [4.69, 9.17) is 4.42 Å². The molecule has 1 atom stereocenters. The third kappa shape index (κ3) is 3.74. The first-order valence-corrected chi connectivity index (χ1v) is 9.34. The fraction of sp³-hybridized carbons (Fsp3) is 0.429. The Labute approximate surface area is 128 Å². The number of sulfonamides is 1. The first kappa shape index (κ1) is 14.8. The van der Waals surface area contributed by atoms with Crippen LogP contribution in [0.15, 0.2) is 38.5 Å². The molecule has 0 bridgehead atoms. The van der Waals surface area contributed by atoms with Crippen LogP contribution in [-0.4, -0.2) is 14.5 Å². The van der Waals surface area contributed by atoms with Crippen molar-refractivity contribution < 1.29 is 12.8 Å². The Kier molecular flexibility index (Phi) is 4.17. The minimum atomic E-state index is -3.63. The van der Waals surface area contributed by atoms with Crippen molar-refractivity contribution in [3.8, 4) is 0 Å². The second kappa shape index (κ2) is 5.92. The van der Waals surface area contributed by atoms with Crippen LogP contribution in [0.5, 0.6) is 0 Å². The lowest BCUT2D eigenvalue weighted by Gasteiger charge is -2.11. The van der Waals surface area contributed by atoms with Gasteiger partial charge >= 0.3 is 0 Å². The molecular formula is C14H18N2O3S2. The molecule has 0 amide bonds. The zero-order valence-electron chi connectivity index (χ0n) is 11.7. The molecule has 1 aliphatic carbocycles. The van der Waals surface area contributed by atoms with Gasteiger partial charge in [-0.15, -0.1) is 0 Å². The highest BCUT2D eigenvalue weighted by Gasteiger charge is 2.24. The summed E-state index contributed by atoms with van der Waals surface area (Å²) in [7, 11) is -3.63. The van der Waals surface area contributed by atoms with Gasteiger partial charge in [0.15, 0.2) is 0 Å². The van der Waals surface area contributed by atoms with Crippen LogP contribution in [0.25, 0.3) is 0 Å². The Morgan fingerprint density at radius 3 is 2.86 bits per heavy atom. The smallest absolute Gasteiger partial charge is 0.274 e. The fourth-order valence-corrected chi connectivity index (χ4v) is 3.95. The molecule has 2 aromatic heterocycles. The van der Waals surface area contributed by atoms with Crippen LogP contribution < -0.4 is 10.0 Å². The molecule has 0 radical (unpaired) electrons. The van der Waals surface area contributed by atoms with Crippen LogP contribution in [0.3, 0.4) is 0 Å². The van der Waals surface area contributed by atoms with Crippen LogP contribution in [0.2, 0.25) is 0 Å². The van der Waals surface area contributed by atoms with Crippen LogP contribution >= 0.6 is 11.3 Å². The molecule has 7 heteroatoms. The monoisotopic (exact) mass is 326 g/mol. The lowest BCUT2D eigenvalue weighted by atomic mass is 10.2. The van der Waals surface area contributed by atoms with Crippen LogP contribution in [0.1, 0.15) is 37.1 Å². The highest BCUT2D eigenvalue weighted by molar-refractivity contribution is 7.89. The second-order valence-corrected chi connectivity index (χ2v) is 7.70. The lowest BCUT2D eigenvalue weighted by Crippen LogP contribution is -2.26. The third-order valence-corrected chi connectivity index (χ3v) is 5.53. The van der Waals surface area contributed by atoms with E-state index in [0.717, 1.165) is 5.56 Å². The van der Waals surface area contributed by atoms with Gasteiger partial charge in [0.2, 0.25) is 5.09 Å². The average Bonchev–Trinajstić information content (AvgIpc) is 2.96. The van der Waals surface area contributed by atoms with E-state index in [1.165, 1.54) is 18.9 Å². The fourth-order valence-electron chi connectivity index (χ4n) is 2.01. The number of rotatable bonds is 7. The molecule has 21 heavy (non-hydrogen) atoms. The summed E-state index contributed by atoms with van der Waals surface area (Å²) in [6.45, 7) is 2.39. The van der Waals surface area contributed by atoms with Gasteiger partial charge in [-0.2, -0.15) is 11.3 Å². The van der Waals surface area contributed by atoms with E-state index in [0.29, 0.717) is 18.3 Å². The van der Waals surface area contributed by atoms with Crippen LogP contribution in [0, 0.1) is 0 Å². The van der Waals surface area contributed by atoms with Crippen LogP contribution in [-0.2, 0) is 16.6 Å². The quantitative estimate of drug-likeness (QED) is 0.820. The van der Waals surface area contributed by atoms with Gasteiger partial charge in [-0.1, -0.05) is 0 Å². The van der Waals surface area contributed by atoms with Crippen molar-refractivity contribution >= 4 is 21.4 Å². The van der Waals surface area contributed by atoms with Gasteiger partial charge in [0.25, 0.3) is 10.0 Å². The zero-order valence-corrected chi connectivity index (χ0v) is 13.3. The molecule has 114 valence electrons. The largest absolute Gasteiger partial charge is 0.447 e. The van der Waals surface area contributed by atoms with Gasteiger partial charge in [-0.3, -0.25) is 0 Å². The van der Waals surface area contributed by atoms with Gasteiger partial charge in [0.1, 0.15) is 5.76 Å². The molecule has 3 rings (SSSR count). The zero-order chi connectivity index (χ0) is 14.9. The van der Waals surface area contributed by atoms with E-state index in [1.807, 2.05) is 23.8 Å². The third-order valence-electron chi connectivity index (χ3n) is 3.42. The first-order valence-electron chi connectivity index (χ1n) is 6.91. The molecule has 0 saturated heterocycles. The summed E-state index contributed by atoms with van der Waals surface area (Å²) < 4.78 is 32.6. The van der Waals surface area contributed by atoms with E-state index >= 15 is 0 Å². The van der Waals surface area contributed by atoms with E-state index in [2.05, 4.69) is 10.0 Å². The summed E-state index contributed by atoms with van der Waals surface area (Å²) in [6, 6.07) is 5.41. The van der Waals surface area contributed by atoms with Gasteiger partial charge in [0.05, 0.1) is 6.54 Å². The van der Waals surface area contributed by atoms with Crippen LogP contribution in [0.4, 0.5) is 0 Å². The van der Waals surface area contributed by atoms with Gasteiger partial charge in [-0.25, -0.2) is 13.1 Å². The Bertz CT molecular complexity index is 688. The highest BCUT2D eigenvalue weighted by Crippen LogP contribution is 2.22. The number of hydrogen-bond acceptors (Lipinski definition) is 5. The molecular weight excluding hydrogens is 308 g/mol. The highest BCUT2D eigenvalue weighted by atomic mass is 32.2. The Morgan fingerprint density at radius 2 is 2.19 bits per heavy atom. The maximum atomic E-state index is 12.3. The average molecular weight is 326 g/mol. The molecule has 0 aliphatic heterocycles. The topological polar surface area (TPSA) is 71.3 Å². The minimum absolute atomic E-state index is 0.0304. The van der Waals surface area contributed by atoms with Crippen molar-refractivity contribution in [1.82, 2.24) is 10.0 Å². The van der Waals surface area contributed by atoms with E-state index < -0.39 is 10.0 Å². The number of nitrogens with one attached hydrogen (secondary N) is 2. The molecule has 5 nitrogen and oxygen atoms in total. The molecule has 1 unspecified atom stereocenters. The lowest BCUT2D eigenvalue weighted by molar-refractivity contribution is 0.398. The summed E-state index contributed by atoms with van der Waals surface area (Å²) in [5, 5.41) is 7.12. The Hall–Kier alpha value is -1.15. The predicted molar refractivity (Wildman–Crippen MR) is 81.6 cm³/mol. The molecule has 1 aliphatic rings. The molecule has 0 spiro atoms. The molecule has 2 N–H and O–H groups in total. The van der Waals surface area contributed by atoms with Crippen molar-refractivity contribution in [3.05, 3.63) is 40.3 Å². The normalized spacial score (nSPS) is 17.0. The Balaban J connectivity index is 1.66. The van der Waals surface area contributed by atoms with Gasteiger partial charge in [0, 0.05) is 12.1 Å². The Morgan fingerprint density at radius 1 is 1.38 bits per heavy atom. The SMILES string of the molecule is CC(NS(=O)(=O)c1ccc(CNC2CC2)o1)c1ccsc1. The molecule has 1 saturated carbocycles. The summed E-state index contributed by atoms with van der Waals surface area (Å²) >= 11 is 1.54. The maximum absolute atomic E-state index is 12.3. The number of furan rings is 1. The molecule has 2 aromatic rings.